The Balaban J connectivity index is 1.76. The Morgan fingerprint density at radius 2 is 2.21 bits per heavy atom. The van der Waals surface area contributed by atoms with E-state index in [0.29, 0.717) is 30.1 Å². The highest BCUT2D eigenvalue weighted by Gasteiger charge is 2.40. The number of thiophene rings is 2. The average molecular weight is 449 g/mol. The van der Waals surface area contributed by atoms with Crippen LogP contribution in [0.4, 0.5) is 0 Å². The van der Waals surface area contributed by atoms with E-state index in [1.165, 1.54) is 15.6 Å². The van der Waals surface area contributed by atoms with Gasteiger partial charge < -0.3 is 4.90 Å². The predicted octanol–water partition coefficient (Wildman–Crippen LogP) is 3.38. The third-order valence-electron chi connectivity index (χ3n) is 3.94. The maximum absolute atomic E-state index is 12.8. The second-order valence-corrected chi connectivity index (χ2v) is 11.2. The van der Waals surface area contributed by atoms with Crippen LogP contribution in [0.15, 0.2) is 37.6 Å². The maximum Gasteiger partial charge on any atom is 0.253 e. The Bertz CT molecular complexity index is 817. The first-order valence-corrected chi connectivity index (χ1v) is 11.4. The molecule has 9 heteroatoms. The van der Waals surface area contributed by atoms with Crippen LogP contribution >= 0.6 is 38.6 Å². The highest BCUT2D eigenvalue weighted by molar-refractivity contribution is 9.11. The third kappa shape index (κ3) is 3.60. The second-order valence-electron chi connectivity index (χ2n) is 5.61. The van der Waals surface area contributed by atoms with Crippen LogP contribution in [-0.4, -0.2) is 43.2 Å². The average Bonchev–Trinajstić information content (AvgIpc) is 3.28. The van der Waals surface area contributed by atoms with E-state index in [4.69, 9.17) is 0 Å². The first-order chi connectivity index (χ1) is 11.4. The van der Waals surface area contributed by atoms with Gasteiger partial charge in [0.05, 0.1) is 10.3 Å². The zero-order valence-corrected chi connectivity index (χ0v) is 17.0. The summed E-state index contributed by atoms with van der Waals surface area (Å²) in [6, 6.07) is 6.61. The van der Waals surface area contributed by atoms with E-state index in [2.05, 4.69) is 15.9 Å². The fourth-order valence-electron chi connectivity index (χ4n) is 2.80. The number of halogens is 1. The summed E-state index contributed by atoms with van der Waals surface area (Å²) >= 11 is 6.17. The van der Waals surface area contributed by atoms with Gasteiger partial charge in [-0.25, -0.2) is 8.42 Å². The van der Waals surface area contributed by atoms with Crippen molar-refractivity contribution in [3.8, 4) is 0 Å². The molecule has 1 aliphatic rings. The molecule has 130 valence electrons. The molecular formula is C15H17BrN2O3S3. The summed E-state index contributed by atoms with van der Waals surface area (Å²) in [7, 11) is -1.87. The smallest absolute Gasteiger partial charge is 0.253 e. The molecule has 0 spiro atoms. The standard InChI is InChI=1S/C15H17BrN2O3S3/c1-17(10-11-6-7-13(16)23-11)15(19)12-4-2-8-18(12)24(20,21)14-5-3-9-22-14/h3,5-7,9,12H,2,4,8,10H2,1H3. The van der Waals surface area contributed by atoms with Gasteiger partial charge in [-0.3, -0.25) is 4.79 Å². The van der Waals surface area contributed by atoms with Gasteiger partial charge in [0.15, 0.2) is 0 Å². The van der Waals surface area contributed by atoms with Crippen LogP contribution in [0.3, 0.4) is 0 Å². The molecule has 0 aromatic carbocycles. The Hall–Kier alpha value is -0.740. The number of hydrogen-bond donors (Lipinski definition) is 0. The number of carbonyl (C=O) groups excluding carboxylic acids is 1. The highest BCUT2D eigenvalue weighted by atomic mass is 79.9. The van der Waals surface area contributed by atoms with Crippen LogP contribution in [0.1, 0.15) is 17.7 Å². The van der Waals surface area contributed by atoms with Gasteiger partial charge in [0, 0.05) is 18.5 Å². The molecule has 3 rings (SSSR count). The van der Waals surface area contributed by atoms with E-state index in [1.54, 1.807) is 40.8 Å². The van der Waals surface area contributed by atoms with Crippen molar-refractivity contribution in [2.75, 3.05) is 13.6 Å². The molecule has 0 bridgehead atoms. The zero-order chi connectivity index (χ0) is 17.3. The molecule has 2 aromatic heterocycles. The van der Waals surface area contributed by atoms with Crippen molar-refractivity contribution < 1.29 is 13.2 Å². The largest absolute Gasteiger partial charge is 0.339 e. The van der Waals surface area contributed by atoms with Gasteiger partial charge in [-0.15, -0.1) is 22.7 Å². The minimum absolute atomic E-state index is 0.142. The predicted molar refractivity (Wildman–Crippen MR) is 99.7 cm³/mol. The summed E-state index contributed by atoms with van der Waals surface area (Å²) in [6.45, 7) is 0.882. The number of carbonyl (C=O) groups is 1. The molecular weight excluding hydrogens is 432 g/mol. The Labute approximate surface area is 158 Å². The first-order valence-electron chi connectivity index (χ1n) is 7.44. The number of likely N-dealkylation sites (N-methyl/N-ethyl adjacent to an activating group) is 1. The van der Waals surface area contributed by atoms with E-state index in [0.717, 1.165) is 8.66 Å². The van der Waals surface area contributed by atoms with Crippen LogP contribution < -0.4 is 0 Å². The van der Waals surface area contributed by atoms with Crippen molar-refractivity contribution in [2.45, 2.75) is 29.6 Å². The van der Waals surface area contributed by atoms with Gasteiger partial charge in [0.25, 0.3) is 10.0 Å². The molecule has 5 nitrogen and oxygen atoms in total. The topological polar surface area (TPSA) is 57.7 Å². The molecule has 24 heavy (non-hydrogen) atoms. The molecule has 1 unspecified atom stereocenters. The lowest BCUT2D eigenvalue weighted by molar-refractivity contribution is -0.133. The van der Waals surface area contributed by atoms with Gasteiger partial charge >= 0.3 is 0 Å². The van der Waals surface area contributed by atoms with Crippen molar-refractivity contribution in [2.24, 2.45) is 0 Å². The molecule has 1 aliphatic heterocycles. The number of amides is 1. The molecule has 1 atom stereocenters. The number of rotatable bonds is 5. The van der Waals surface area contributed by atoms with E-state index in [1.807, 2.05) is 12.1 Å². The van der Waals surface area contributed by atoms with Gasteiger partial charge in [-0.05, 0) is 52.4 Å². The minimum atomic E-state index is -3.59. The summed E-state index contributed by atoms with van der Waals surface area (Å²) in [5, 5.41) is 1.74. The van der Waals surface area contributed by atoms with Crippen molar-refractivity contribution >= 4 is 54.5 Å². The summed E-state index contributed by atoms with van der Waals surface area (Å²) in [4.78, 5) is 15.5. The van der Waals surface area contributed by atoms with Crippen LogP contribution in [0, 0.1) is 0 Å². The molecule has 1 fully saturated rings. The molecule has 1 amide bonds. The van der Waals surface area contributed by atoms with E-state index < -0.39 is 16.1 Å². The van der Waals surface area contributed by atoms with Gasteiger partial charge in [-0.2, -0.15) is 4.31 Å². The lowest BCUT2D eigenvalue weighted by Gasteiger charge is -2.26. The van der Waals surface area contributed by atoms with E-state index >= 15 is 0 Å². The molecule has 0 saturated carbocycles. The molecule has 0 N–H and O–H groups in total. The summed E-state index contributed by atoms with van der Waals surface area (Å²) in [5.74, 6) is -0.142. The third-order valence-corrected chi connectivity index (χ3v) is 8.83. The quantitative estimate of drug-likeness (QED) is 0.703. The number of nitrogens with zero attached hydrogens (tertiary/aromatic N) is 2. The lowest BCUT2D eigenvalue weighted by atomic mass is 10.2. The van der Waals surface area contributed by atoms with Crippen molar-refractivity contribution in [1.82, 2.24) is 9.21 Å². The normalized spacial score (nSPS) is 18.8. The van der Waals surface area contributed by atoms with Crippen LogP contribution in [-0.2, 0) is 21.4 Å². The molecule has 0 radical (unpaired) electrons. The van der Waals surface area contributed by atoms with Crippen LogP contribution in [0.25, 0.3) is 0 Å². The minimum Gasteiger partial charge on any atom is -0.339 e. The van der Waals surface area contributed by atoms with Gasteiger partial charge in [0.2, 0.25) is 5.91 Å². The van der Waals surface area contributed by atoms with Crippen LogP contribution in [0.2, 0.25) is 0 Å². The lowest BCUT2D eigenvalue weighted by Crippen LogP contribution is -2.46. The van der Waals surface area contributed by atoms with Crippen LogP contribution in [0.5, 0.6) is 0 Å². The van der Waals surface area contributed by atoms with Gasteiger partial charge in [0.1, 0.15) is 10.3 Å². The molecule has 0 aliphatic carbocycles. The summed E-state index contributed by atoms with van der Waals surface area (Å²) in [5.41, 5.74) is 0. The fraction of sp³-hybridized carbons (Fsp3) is 0.400. The van der Waals surface area contributed by atoms with Crippen molar-refractivity contribution in [1.29, 1.82) is 0 Å². The molecule has 1 saturated heterocycles. The number of sulfonamides is 1. The molecule has 3 heterocycles. The van der Waals surface area contributed by atoms with Gasteiger partial charge in [-0.1, -0.05) is 6.07 Å². The maximum atomic E-state index is 12.8. The van der Waals surface area contributed by atoms with E-state index in [-0.39, 0.29) is 5.91 Å². The fourth-order valence-corrected chi connectivity index (χ4v) is 7.11. The summed E-state index contributed by atoms with van der Waals surface area (Å²) < 4.78 is 28.2. The zero-order valence-electron chi connectivity index (χ0n) is 13.0. The Kier molecular flexibility index (Phi) is 5.45. The summed E-state index contributed by atoms with van der Waals surface area (Å²) in [6.07, 6.45) is 1.28. The SMILES string of the molecule is CN(Cc1ccc(Br)s1)C(=O)C1CCCN1S(=O)(=O)c1cccs1. The molecule has 2 aromatic rings. The first kappa shape index (κ1) is 18.1. The Morgan fingerprint density at radius 3 is 2.83 bits per heavy atom. The monoisotopic (exact) mass is 448 g/mol. The van der Waals surface area contributed by atoms with Crippen molar-refractivity contribution in [3.63, 3.8) is 0 Å². The van der Waals surface area contributed by atoms with Crippen molar-refractivity contribution in [3.05, 3.63) is 38.3 Å². The number of hydrogen-bond acceptors (Lipinski definition) is 5. The highest BCUT2D eigenvalue weighted by Crippen LogP contribution is 2.30. The second kappa shape index (κ2) is 7.25. The van der Waals surface area contributed by atoms with E-state index in [9.17, 15) is 13.2 Å². The Morgan fingerprint density at radius 1 is 1.42 bits per heavy atom.